The topological polar surface area (TPSA) is 80.0 Å². The molecule has 0 unspecified atom stereocenters. The van der Waals surface area contributed by atoms with Gasteiger partial charge in [0, 0.05) is 17.3 Å². The molecular formula is C18H18N4O2S. The number of hydrogen-bond donors (Lipinski definition) is 2. The highest BCUT2D eigenvalue weighted by molar-refractivity contribution is 7.12. The highest BCUT2D eigenvalue weighted by atomic mass is 32.1. The van der Waals surface area contributed by atoms with Crippen molar-refractivity contribution in [2.75, 3.05) is 10.6 Å². The van der Waals surface area contributed by atoms with E-state index in [0.29, 0.717) is 16.7 Å². The van der Waals surface area contributed by atoms with E-state index >= 15 is 0 Å². The molecule has 7 heteroatoms. The molecule has 1 atom stereocenters. The molecule has 1 saturated carbocycles. The fourth-order valence-corrected chi connectivity index (χ4v) is 3.11. The normalized spacial score (nSPS) is 14.9. The SMILES string of the molecule is C[C@@H](Nc1ccc(NC(=O)c2cccs2)cc1)c1nc(C2CC2)no1. The van der Waals surface area contributed by atoms with Crippen LogP contribution in [0.25, 0.3) is 0 Å². The van der Waals surface area contributed by atoms with Crippen LogP contribution in [0.3, 0.4) is 0 Å². The Kier molecular flexibility index (Phi) is 4.23. The van der Waals surface area contributed by atoms with E-state index in [1.165, 1.54) is 11.3 Å². The first kappa shape index (κ1) is 15.8. The summed E-state index contributed by atoms with van der Waals surface area (Å²) in [5, 5.41) is 12.1. The number of rotatable bonds is 6. The molecule has 2 aromatic heterocycles. The van der Waals surface area contributed by atoms with Crippen molar-refractivity contribution in [1.82, 2.24) is 10.1 Å². The molecule has 0 bridgehead atoms. The molecule has 1 amide bonds. The number of amides is 1. The lowest BCUT2D eigenvalue weighted by atomic mass is 10.2. The Hall–Kier alpha value is -2.67. The number of nitrogens with one attached hydrogen (secondary N) is 2. The van der Waals surface area contributed by atoms with Crippen LogP contribution in [0.15, 0.2) is 46.3 Å². The second-order valence-corrected chi connectivity index (χ2v) is 7.09. The van der Waals surface area contributed by atoms with E-state index in [-0.39, 0.29) is 11.9 Å². The van der Waals surface area contributed by atoms with Crippen LogP contribution < -0.4 is 10.6 Å². The van der Waals surface area contributed by atoms with Gasteiger partial charge < -0.3 is 15.2 Å². The maximum Gasteiger partial charge on any atom is 0.265 e. The van der Waals surface area contributed by atoms with Crippen molar-refractivity contribution in [3.63, 3.8) is 0 Å². The summed E-state index contributed by atoms with van der Waals surface area (Å²) in [7, 11) is 0. The molecule has 2 heterocycles. The van der Waals surface area contributed by atoms with Gasteiger partial charge in [-0.05, 0) is 55.5 Å². The highest BCUT2D eigenvalue weighted by Gasteiger charge is 2.29. The summed E-state index contributed by atoms with van der Waals surface area (Å²) in [5.74, 6) is 1.80. The van der Waals surface area contributed by atoms with Crippen LogP contribution in [-0.2, 0) is 0 Å². The van der Waals surface area contributed by atoms with Gasteiger partial charge in [0.15, 0.2) is 5.82 Å². The van der Waals surface area contributed by atoms with Gasteiger partial charge in [-0.1, -0.05) is 11.2 Å². The molecule has 2 N–H and O–H groups in total. The van der Waals surface area contributed by atoms with Crippen LogP contribution in [0.5, 0.6) is 0 Å². The molecular weight excluding hydrogens is 336 g/mol. The van der Waals surface area contributed by atoms with E-state index in [0.717, 1.165) is 30.0 Å². The van der Waals surface area contributed by atoms with Crippen molar-refractivity contribution in [3.05, 3.63) is 58.4 Å². The highest BCUT2D eigenvalue weighted by Crippen LogP contribution is 2.38. The molecule has 1 aromatic carbocycles. The summed E-state index contributed by atoms with van der Waals surface area (Å²) < 4.78 is 5.34. The van der Waals surface area contributed by atoms with Gasteiger partial charge in [0.05, 0.1) is 4.88 Å². The number of benzene rings is 1. The number of thiophene rings is 1. The Morgan fingerprint density at radius 1 is 1.24 bits per heavy atom. The zero-order valence-corrected chi connectivity index (χ0v) is 14.5. The molecule has 0 aliphatic heterocycles. The third-order valence-corrected chi connectivity index (χ3v) is 4.91. The van der Waals surface area contributed by atoms with Crippen molar-refractivity contribution in [1.29, 1.82) is 0 Å². The van der Waals surface area contributed by atoms with Gasteiger partial charge in [-0.2, -0.15) is 4.98 Å². The Bertz CT molecular complexity index is 854. The van der Waals surface area contributed by atoms with Crippen molar-refractivity contribution in [2.24, 2.45) is 0 Å². The number of carbonyl (C=O) groups excluding carboxylic acids is 1. The van der Waals surface area contributed by atoms with Gasteiger partial charge in [0.2, 0.25) is 5.89 Å². The minimum atomic E-state index is -0.0949. The van der Waals surface area contributed by atoms with Gasteiger partial charge in [-0.3, -0.25) is 4.79 Å². The first-order chi connectivity index (χ1) is 12.2. The Balaban J connectivity index is 1.37. The molecule has 1 fully saturated rings. The third kappa shape index (κ3) is 3.71. The van der Waals surface area contributed by atoms with E-state index in [4.69, 9.17) is 4.52 Å². The van der Waals surface area contributed by atoms with E-state index in [9.17, 15) is 4.79 Å². The van der Waals surface area contributed by atoms with Crippen LogP contribution in [0.2, 0.25) is 0 Å². The zero-order chi connectivity index (χ0) is 17.2. The molecule has 4 rings (SSSR count). The van der Waals surface area contributed by atoms with Crippen molar-refractivity contribution in [3.8, 4) is 0 Å². The molecule has 6 nitrogen and oxygen atoms in total. The van der Waals surface area contributed by atoms with Gasteiger partial charge in [-0.25, -0.2) is 0 Å². The fourth-order valence-electron chi connectivity index (χ4n) is 2.49. The van der Waals surface area contributed by atoms with E-state index < -0.39 is 0 Å². The lowest BCUT2D eigenvalue weighted by Crippen LogP contribution is -2.10. The van der Waals surface area contributed by atoms with Crippen LogP contribution in [0.4, 0.5) is 11.4 Å². The minimum Gasteiger partial charge on any atom is -0.374 e. The molecule has 128 valence electrons. The van der Waals surface area contributed by atoms with Crippen molar-refractivity contribution < 1.29 is 9.32 Å². The largest absolute Gasteiger partial charge is 0.374 e. The number of aromatic nitrogens is 2. The van der Waals surface area contributed by atoms with E-state index in [1.54, 1.807) is 6.07 Å². The first-order valence-corrected chi connectivity index (χ1v) is 9.12. The maximum absolute atomic E-state index is 12.0. The molecule has 0 radical (unpaired) electrons. The van der Waals surface area contributed by atoms with E-state index in [2.05, 4.69) is 20.8 Å². The third-order valence-electron chi connectivity index (χ3n) is 4.04. The summed E-state index contributed by atoms with van der Waals surface area (Å²) in [4.78, 5) is 17.2. The van der Waals surface area contributed by atoms with Crippen molar-refractivity contribution >= 4 is 28.6 Å². The van der Waals surface area contributed by atoms with Crippen LogP contribution in [0, 0.1) is 0 Å². The van der Waals surface area contributed by atoms with Gasteiger partial charge in [0.1, 0.15) is 6.04 Å². The maximum atomic E-state index is 12.0. The summed E-state index contributed by atoms with van der Waals surface area (Å²) >= 11 is 1.42. The summed E-state index contributed by atoms with van der Waals surface area (Å²) in [6, 6.07) is 11.1. The van der Waals surface area contributed by atoms with Gasteiger partial charge in [-0.15, -0.1) is 11.3 Å². The number of anilines is 2. The standard InChI is InChI=1S/C18H18N4O2S/c1-11(18-21-16(22-24-18)12-4-5-12)19-13-6-8-14(9-7-13)20-17(23)15-3-2-10-25-15/h2-3,6-12,19H,4-5H2,1H3,(H,20,23)/t11-/m1/s1. The zero-order valence-electron chi connectivity index (χ0n) is 13.7. The Morgan fingerprint density at radius 3 is 2.68 bits per heavy atom. The molecule has 0 saturated heterocycles. The Labute approximate surface area is 149 Å². The molecule has 1 aliphatic carbocycles. The summed E-state index contributed by atoms with van der Waals surface area (Å²) in [5.41, 5.74) is 1.68. The average Bonchev–Trinajstić information content (AvgIpc) is 3.13. The van der Waals surface area contributed by atoms with Crippen LogP contribution in [0.1, 0.15) is 53.1 Å². The second kappa shape index (κ2) is 6.68. The average molecular weight is 354 g/mol. The predicted molar refractivity (Wildman–Crippen MR) is 97.0 cm³/mol. The first-order valence-electron chi connectivity index (χ1n) is 8.24. The van der Waals surface area contributed by atoms with Crippen LogP contribution >= 0.6 is 11.3 Å². The number of carbonyl (C=O) groups is 1. The molecule has 1 aliphatic rings. The van der Waals surface area contributed by atoms with E-state index in [1.807, 2.05) is 42.6 Å². The minimum absolute atomic E-state index is 0.0773. The van der Waals surface area contributed by atoms with Crippen molar-refractivity contribution in [2.45, 2.75) is 31.7 Å². The summed E-state index contributed by atoms with van der Waals surface area (Å²) in [6.45, 7) is 1.98. The fraction of sp³-hybridized carbons (Fsp3) is 0.278. The number of nitrogens with zero attached hydrogens (tertiary/aromatic N) is 2. The quantitative estimate of drug-likeness (QED) is 0.684. The monoisotopic (exact) mass is 354 g/mol. The summed E-state index contributed by atoms with van der Waals surface area (Å²) in [6.07, 6.45) is 2.30. The molecule has 0 spiro atoms. The molecule has 25 heavy (non-hydrogen) atoms. The Morgan fingerprint density at radius 2 is 2.00 bits per heavy atom. The lowest BCUT2D eigenvalue weighted by Gasteiger charge is -2.12. The van der Waals surface area contributed by atoms with Gasteiger partial charge in [0.25, 0.3) is 5.91 Å². The van der Waals surface area contributed by atoms with Gasteiger partial charge >= 0.3 is 0 Å². The lowest BCUT2D eigenvalue weighted by molar-refractivity contribution is 0.103. The number of hydrogen-bond acceptors (Lipinski definition) is 6. The predicted octanol–water partition coefficient (Wildman–Crippen LogP) is 4.43. The second-order valence-electron chi connectivity index (χ2n) is 6.14. The smallest absolute Gasteiger partial charge is 0.265 e. The van der Waals surface area contributed by atoms with Crippen LogP contribution in [-0.4, -0.2) is 16.0 Å². The molecule has 3 aromatic rings.